The van der Waals surface area contributed by atoms with Gasteiger partial charge in [-0.25, -0.2) is 0 Å². The molecule has 96 valence electrons. The van der Waals surface area contributed by atoms with Gasteiger partial charge in [0.25, 0.3) is 0 Å². The highest BCUT2D eigenvalue weighted by Gasteiger charge is 2.41. The van der Waals surface area contributed by atoms with E-state index in [1.165, 1.54) is 0 Å². The first-order valence-corrected chi connectivity index (χ1v) is 6.11. The van der Waals surface area contributed by atoms with Gasteiger partial charge in [-0.05, 0) is 19.3 Å². The summed E-state index contributed by atoms with van der Waals surface area (Å²) in [6.45, 7) is 1.10. The van der Waals surface area contributed by atoms with Gasteiger partial charge in [-0.3, -0.25) is 9.59 Å². The van der Waals surface area contributed by atoms with Gasteiger partial charge in [0.2, 0.25) is 11.8 Å². The second kappa shape index (κ2) is 4.64. The molecule has 1 unspecified atom stereocenters. The molecule has 1 atom stereocenters. The molecule has 1 aliphatic carbocycles. The summed E-state index contributed by atoms with van der Waals surface area (Å²) in [6, 6.07) is 0. The number of hydrogen-bond donors (Lipinski definition) is 1. The van der Waals surface area contributed by atoms with Crippen LogP contribution in [0.3, 0.4) is 0 Å². The van der Waals surface area contributed by atoms with E-state index in [0.717, 1.165) is 19.3 Å². The normalized spacial score (nSPS) is 26.8. The first kappa shape index (κ1) is 12.4. The molecule has 2 amide bonds. The Hall–Kier alpha value is -1.10. The maximum Gasteiger partial charge on any atom is 0.225 e. The van der Waals surface area contributed by atoms with Crippen molar-refractivity contribution in [2.45, 2.75) is 31.2 Å². The molecule has 5 heteroatoms. The van der Waals surface area contributed by atoms with Gasteiger partial charge in [0.15, 0.2) is 0 Å². The smallest absolute Gasteiger partial charge is 0.225 e. The Morgan fingerprint density at radius 1 is 1.59 bits per heavy atom. The van der Waals surface area contributed by atoms with E-state index < -0.39 is 0 Å². The summed E-state index contributed by atoms with van der Waals surface area (Å²) in [4.78, 5) is 25.1. The zero-order valence-corrected chi connectivity index (χ0v) is 10.5. The van der Waals surface area contributed by atoms with E-state index in [1.54, 1.807) is 19.1 Å². The van der Waals surface area contributed by atoms with Gasteiger partial charge < -0.3 is 15.0 Å². The van der Waals surface area contributed by atoms with E-state index in [2.05, 4.69) is 5.32 Å². The summed E-state index contributed by atoms with van der Waals surface area (Å²) >= 11 is 0. The Labute approximate surface area is 101 Å². The maximum absolute atomic E-state index is 12.1. The molecule has 17 heavy (non-hydrogen) atoms. The number of carbonyl (C=O) groups is 2. The number of methoxy groups -OCH3 is 1. The number of hydrogen-bond acceptors (Lipinski definition) is 3. The Morgan fingerprint density at radius 3 is 2.71 bits per heavy atom. The van der Waals surface area contributed by atoms with Crippen molar-refractivity contribution in [3.05, 3.63) is 0 Å². The SMILES string of the molecule is COCC1(NC(=O)C2CC(=O)N(C)C2)CCC1. The van der Waals surface area contributed by atoms with Crippen molar-refractivity contribution in [3.63, 3.8) is 0 Å². The number of amides is 2. The molecule has 1 saturated heterocycles. The van der Waals surface area contributed by atoms with Crippen molar-refractivity contribution in [1.29, 1.82) is 0 Å². The lowest BCUT2D eigenvalue weighted by Gasteiger charge is -2.42. The van der Waals surface area contributed by atoms with Crippen LogP contribution in [-0.2, 0) is 14.3 Å². The standard InChI is InChI=1S/C12H20N2O3/c1-14-7-9(6-10(14)15)11(16)13-12(8-17-2)4-3-5-12/h9H,3-8H2,1-2H3,(H,13,16). The van der Waals surface area contributed by atoms with E-state index in [1.807, 2.05) is 0 Å². The van der Waals surface area contributed by atoms with E-state index in [4.69, 9.17) is 4.74 Å². The van der Waals surface area contributed by atoms with E-state index in [-0.39, 0.29) is 23.3 Å². The minimum Gasteiger partial charge on any atom is -0.382 e. The highest BCUT2D eigenvalue weighted by Crippen LogP contribution is 2.32. The number of likely N-dealkylation sites (tertiary alicyclic amines) is 1. The van der Waals surface area contributed by atoms with E-state index in [9.17, 15) is 9.59 Å². The fourth-order valence-corrected chi connectivity index (χ4v) is 2.59. The zero-order valence-electron chi connectivity index (χ0n) is 10.5. The van der Waals surface area contributed by atoms with Crippen molar-refractivity contribution in [2.75, 3.05) is 27.3 Å². The number of carbonyl (C=O) groups excluding carboxylic acids is 2. The largest absolute Gasteiger partial charge is 0.382 e. The highest BCUT2D eigenvalue weighted by molar-refractivity contribution is 5.89. The van der Waals surface area contributed by atoms with Crippen molar-refractivity contribution >= 4 is 11.8 Å². The fraction of sp³-hybridized carbons (Fsp3) is 0.833. The summed E-state index contributed by atoms with van der Waals surface area (Å²) < 4.78 is 5.16. The molecule has 5 nitrogen and oxygen atoms in total. The monoisotopic (exact) mass is 240 g/mol. The molecule has 2 aliphatic rings. The van der Waals surface area contributed by atoms with Crippen LogP contribution in [0, 0.1) is 5.92 Å². The Kier molecular flexibility index (Phi) is 3.38. The fourth-order valence-electron chi connectivity index (χ4n) is 2.59. The summed E-state index contributed by atoms with van der Waals surface area (Å²) in [6.07, 6.45) is 3.42. The molecule has 0 bridgehead atoms. The number of rotatable bonds is 4. The molecule has 0 aromatic rings. The number of nitrogens with zero attached hydrogens (tertiary/aromatic N) is 1. The van der Waals surface area contributed by atoms with E-state index >= 15 is 0 Å². The van der Waals surface area contributed by atoms with Gasteiger partial charge in [0, 0.05) is 27.1 Å². The summed E-state index contributed by atoms with van der Waals surface area (Å²) in [5, 5.41) is 3.07. The Bertz CT molecular complexity index is 326. The molecule has 1 aliphatic heterocycles. The zero-order chi connectivity index (χ0) is 12.5. The van der Waals surface area contributed by atoms with Crippen LogP contribution in [0.15, 0.2) is 0 Å². The van der Waals surface area contributed by atoms with Gasteiger partial charge in [0.1, 0.15) is 0 Å². The lowest BCUT2D eigenvalue weighted by atomic mass is 9.77. The first-order valence-electron chi connectivity index (χ1n) is 6.11. The predicted octanol–water partition coefficient (Wildman–Crippen LogP) is 0.150. The number of nitrogens with one attached hydrogen (secondary N) is 1. The molecule has 1 heterocycles. The molecule has 0 aromatic carbocycles. The molecular weight excluding hydrogens is 220 g/mol. The molecular formula is C12H20N2O3. The second-order valence-corrected chi connectivity index (χ2v) is 5.23. The molecule has 1 saturated carbocycles. The van der Waals surface area contributed by atoms with Crippen LogP contribution >= 0.6 is 0 Å². The molecule has 0 radical (unpaired) electrons. The minimum absolute atomic E-state index is 0.000509. The van der Waals surface area contributed by atoms with Crippen molar-refractivity contribution in [1.82, 2.24) is 10.2 Å². The average Bonchev–Trinajstić information content (AvgIpc) is 2.56. The lowest BCUT2D eigenvalue weighted by molar-refractivity contribution is -0.130. The highest BCUT2D eigenvalue weighted by atomic mass is 16.5. The Balaban J connectivity index is 1.90. The summed E-state index contributed by atoms with van der Waals surface area (Å²) in [7, 11) is 3.39. The van der Waals surface area contributed by atoms with Gasteiger partial charge in [-0.1, -0.05) is 0 Å². The van der Waals surface area contributed by atoms with Gasteiger partial charge in [-0.15, -0.1) is 0 Å². The second-order valence-electron chi connectivity index (χ2n) is 5.23. The lowest BCUT2D eigenvalue weighted by Crippen LogP contribution is -2.58. The summed E-state index contributed by atoms with van der Waals surface area (Å²) in [5.41, 5.74) is -0.171. The third-order valence-corrected chi connectivity index (χ3v) is 3.83. The summed E-state index contributed by atoms with van der Waals surface area (Å²) in [5.74, 6) is -0.138. The Morgan fingerprint density at radius 2 is 2.29 bits per heavy atom. The van der Waals surface area contributed by atoms with Crippen molar-refractivity contribution < 1.29 is 14.3 Å². The van der Waals surface area contributed by atoms with Crippen LogP contribution in [-0.4, -0.2) is 49.6 Å². The molecule has 2 rings (SSSR count). The number of ether oxygens (including phenoxy) is 1. The van der Waals surface area contributed by atoms with Gasteiger partial charge in [-0.2, -0.15) is 0 Å². The molecule has 1 N–H and O–H groups in total. The minimum atomic E-state index is -0.193. The maximum atomic E-state index is 12.1. The van der Waals surface area contributed by atoms with E-state index in [0.29, 0.717) is 19.6 Å². The quantitative estimate of drug-likeness (QED) is 0.761. The van der Waals surface area contributed by atoms with Gasteiger partial charge >= 0.3 is 0 Å². The van der Waals surface area contributed by atoms with Crippen molar-refractivity contribution in [3.8, 4) is 0 Å². The van der Waals surface area contributed by atoms with Crippen molar-refractivity contribution in [2.24, 2.45) is 5.92 Å². The van der Waals surface area contributed by atoms with Gasteiger partial charge in [0.05, 0.1) is 18.1 Å². The molecule has 0 spiro atoms. The van der Waals surface area contributed by atoms with Crippen LogP contribution in [0.25, 0.3) is 0 Å². The van der Waals surface area contributed by atoms with Crippen LogP contribution < -0.4 is 5.32 Å². The predicted molar refractivity (Wildman–Crippen MR) is 62.3 cm³/mol. The molecule has 0 aromatic heterocycles. The van der Waals surface area contributed by atoms with Crippen LogP contribution in [0.1, 0.15) is 25.7 Å². The topological polar surface area (TPSA) is 58.6 Å². The van der Waals surface area contributed by atoms with Crippen LogP contribution in [0.2, 0.25) is 0 Å². The first-order chi connectivity index (χ1) is 8.06. The third-order valence-electron chi connectivity index (χ3n) is 3.83. The van der Waals surface area contributed by atoms with Crippen LogP contribution in [0.5, 0.6) is 0 Å². The average molecular weight is 240 g/mol. The molecule has 2 fully saturated rings. The van der Waals surface area contributed by atoms with Crippen LogP contribution in [0.4, 0.5) is 0 Å². The third kappa shape index (κ3) is 2.44.